The summed E-state index contributed by atoms with van der Waals surface area (Å²) in [4.78, 5) is 22.2. The van der Waals surface area contributed by atoms with Gasteiger partial charge in [0.2, 0.25) is 5.12 Å². The van der Waals surface area contributed by atoms with E-state index in [0.717, 1.165) is 31.0 Å². The van der Waals surface area contributed by atoms with Crippen molar-refractivity contribution >= 4 is 22.8 Å². The van der Waals surface area contributed by atoms with Crippen LogP contribution in [0.3, 0.4) is 0 Å². The fourth-order valence-electron chi connectivity index (χ4n) is 1.31. The van der Waals surface area contributed by atoms with E-state index in [2.05, 4.69) is 6.92 Å². The van der Waals surface area contributed by atoms with Gasteiger partial charge in [-0.3, -0.25) is 9.59 Å². The first-order chi connectivity index (χ1) is 7.11. The quantitative estimate of drug-likeness (QED) is 0.500. The number of carbonyl (C=O) groups is 2. The van der Waals surface area contributed by atoms with Crippen LogP contribution in [-0.4, -0.2) is 23.4 Å². The predicted molar refractivity (Wildman–Crippen MR) is 62.8 cm³/mol. The van der Waals surface area contributed by atoms with Gasteiger partial charge in [-0.15, -0.1) is 0 Å². The first-order valence-corrected chi connectivity index (χ1v) is 6.59. The maximum absolute atomic E-state index is 11.4. The topological polar surface area (TPSA) is 43.4 Å². The zero-order valence-corrected chi connectivity index (χ0v) is 10.6. The molecule has 0 aliphatic rings. The van der Waals surface area contributed by atoms with Crippen molar-refractivity contribution in [2.45, 2.75) is 52.1 Å². The van der Waals surface area contributed by atoms with Crippen LogP contribution < -0.4 is 0 Å². The third kappa shape index (κ3) is 7.42. The van der Waals surface area contributed by atoms with Crippen LogP contribution in [0.4, 0.5) is 0 Å². The molecule has 0 aromatic rings. The Hall–Kier alpha value is -0.510. The monoisotopic (exact) mass is 232 g/mol. The second-order valence-electron chi connectivity index (χ2n) is 3.47. The van der Waals surface area contributed by atoms with Crippen molar-refractivity contribution < 1.29 is 14.3 Å². The van der Waals surface area contributed by atoms with Crippen molar-refractivity contribution in [3.05, 3.63) is 0 Å². The first kappa shape index (κ1) is 14.5. The van der Waals surface area contributed by atoms with Crippen LogP contribution in [-0.2, 0) is 14.3 Å². The number of hydrogen-bond acceptors (Lipinski definition) is 4. The average molecular weight is 232 g/mol. The van der Waals surface area contributed by atoms with Gasteiger partial charge in [-0.05, 0) is 19.1 Å². The molecule has 1 atom stereocenters. The van der Waals surface area contributed by atoms with Crippen LogP contribution in [0.1, 0.15) is 46.0 Å². The molecule has 0 radical (unpaired) electrons. The first-order valence-electron chi connectivity index (χ1n) is 5.36. The van der Waals surface area contributed by atoms with Crippen molar-refractivity contribution in [2.24, 2.45) is 0 Å². The van der Waals surface area contributed by atoms with Gasteiger partial charge in [0.15, 0.2) is 6.10 Å². The van der Waals surface area contributed by atoms with E-state index in [1.54, 1.807) is 6.26 Å². The lowest BCUT2D eigenvalue weighted by atomic mass is 10.1. The van der Waals surface area contributed by atoms with E-state index in [0.29, 0.717) is 6.42 Å². The smallest absolute Gasteiger partial charge is 0.303 e. The number of hydrogen-bond donors (Lipinski definition) is 0. The highest BCUT2D eigenvalue weighted by atomic mass is 32.2. The van der Waals surface area contributed by atoms with Crippen LogP contribution in [0.5, 0.6) is 0 Å². The maximum Gasteiger partial charge on any atom is 0.303 e. The summed E-state index contributed by atoms with van der Waals surface area (Å²) >= 11 is 1.12. The molecule has 0 aromatic carbocycles. The van der Waals surface area contributed by atoms with Crippen LogP contribution >= 0.6 is 11.8 Å². The molecule has 0 heterocycles. The zero-order chi connectivity index (χ0) is 11.7. The minimum Gasteiger partial charge on any atom is -0.454 e. The minimum absolute atomic E-state index is 0.0540. The third-order valence-corrected chi connectivity index (χ3v) is 2.76. The molecule has 0 aliphatic heterocycles. The summed E-state index contributed by atoms with van der Waals surface area (Å²) in [7, 11) is 0. The van der Waals surface area contributed by atoms with Gasteiger partial charge in [-0.1, -0.05) is 37.9 Å². The van der Waals surface area contributed by atoms with Crippen LogP contribution in [0.2, 0.25) is 0 Å². The highest BCUT2D eigenvalue weighted by molar-refractivity contribution is 8.13. The molecule has 3 nitrogen and oxygen atoms in total. The molecule has 0 amide bonds. The molecule has 4 heteroatoms. The molecule has 0 spiro atoms. The van der Waals surface area contributed by atoms with Crippen molar-refractivity contribution in [3.63, 3.8) is 0 Å². The number of carbonyl (C=O) groups excluding carboxylic acids is 2. The SMILES string of the molecule is CCCCCCC(OC(C)=O)C(=O)SC. The molecule has 0 aromatic heterocycles. The maximum atomic E-state index is 11.4. The lowest BCUT2D eigenvalue weighted by Gasteiger charge is -2.14. The highest BCUT2D eigenvalue weighted by Crippen LogP contribution is 2.13. The van der Waals surface area contributed by atoms with Gasteiger partial charge in [0.05, 0.1) is 0 Å². The Morgan fingerprint density at radius 1 is 1.27 bits per heavy atom. The molecule has 0 N–H and O–H groups in total. The van der Waals surface area contributed by atoms with Crippen molar-refractivity contribution in [2.75, 3.05) is 6.26 Å². The van der Waals surface area contributed by atoms with E-state index in [9.17, 15) is 9.59 Å². The normalized spacial score (nSPS) is 12.2. The summed E-state index contributed by atoms with van der Waals surface area (Å²) < 4.78 is 4.97. The molecule has 88 valence electrons. The second kappa shape index (κ2) is 8.77. The summed E-state index contributed by atoms with van der Waals surface area (Å²) in [5, 5.41) is -0.0540. The Morgan fingerprint density at radius 2 is 1.93 bits per heavy atom. The summed E-state index contributed by atoms with van der Waals surface area (Å²) in [6, 6.07) is 0. The summed E-state index contributed by atoms with van der Waals surface area (Å²) in [6.45, 7) is 3.48. The third-order valence-electron chi connectivity index (χ3n) is 2.09. The van der Waals surface area contributed by atoms with Gasteiger partial charge < -0.3 is 4.74 Å². The second-order valence-corrected chi connectivity index (χ2v) is 4.28. The van der Waals surface area contributed by atoms with Gasteiger partial charge in [0, 0.05) is 6.92 Å². The average Bonchev–Trinajstić information content (AvgIpc) is 2.21. The summed E-state index contributed by atoms with van der Waals surface area (Å²) in [5.41, 5.74) is 0. The predicted octanol–water partition coefficient (Wildman–Crippen LogP) is 2.78. The minimum atomic E-state index is -0.547. The molecule has 0 saturated heterocycles. The Morgan fingerprint density at radius 3 is 2.40 bits per heavy atom. The summed E-state index contributed by atoms with van der Waals surface area (Å²) in [6.07, 6.45) is 6.18. The van der Waals surface area contributed by atoms with E-state index in [1.165, 1.54) is 13.3 Å². The van der Waals surface area contributed by atoms with Crippen molar-refractivity contribution in [3.8, 4) is 0 Å². The number of rotatable bonds is 7. The molecule has 0 fully saturated rings. The fraction of sp³-hybridized carbons (Fsp3) is 0.818. The molecular weight excluding hydrogens is 212 g/mol. The van der Waals surface area contributed by atoms with Gasteiger partial charge in [0.25, 0.3) is 0 Å². The molecule has 15 heavy (non-hydrogen) atoms. The van der Waals surface area contributed by atoms with E-state index >= 15 is 0 Å². The molecular formula is C11H20O3S. The summed E-state index contributed by atoms with van der Waals surface area (Å²) in [5.74, 6) is -0.377. The van der Waals surface area contributed by atoms with Crippen LogP contribution in [0, 0.1) is 0 Å². The molecule has 1 unspecified atom stereocenters. The van der Waals surface area contributed by atoms with E-state index in [1.807, 2.05) is 0 Å². The molecule has 0 bridgehead atoms. The Kier molecular flexibility index (Phi) is 8.47. The lowest BCUT2D eigenvalue weighted by molar-refractivity contribution is -0.150. The highest BCUT2D eigenvalue weighted by Gasteiger charge is 2.19. The number of esters is 1. The lowest BCUT2D eigenvalue weighted by Crippen LogP contribution is -2.23. The largest absolute Gasteiger partial charge is 0.454 e. The van der Waals surface area contributed by atoms with E-state index in [4.69, 9.17) is 4.74 Å². The standard InChI is InChI=1S/C11H20O3S/c1-4-5-6-7-8-10(11(13)15-3)14-9(2)12/h10H,4-8H2,1-3H3. The Balaban J connectivity index is 3.90. The Labute approximate surface area is 95.9 Å². The molecule has 0 rings (SSSR count). The van der Waals surface area contributed by atoms with Crippen molar-refractivity contribution in [1.82, 2.24) is 0 Å². The van der Waals surface area contributed by atoms with Gasteiger partial charge in [-0.2, -0.15) is 0 Å². The number of ether oxygens (including phenoxy) is 1. The van der Waals surface area contributed by atoms with Gasteiger partial charge in [0.1, 0.15) is 0 Å². The van der Waals surface area contributed by atoms with E-state index in [-0.39, 0.29) is 11.1 Å². The van der Waals surface area contributed by atoms with Crippen molar-refractivity contribution in [1.29, 1.82) is 0 Å². The number of unbranched alkanes of at least 4 members (excludes halogenated alkanes) is 3. The zero-order valence-electron chi connectivity index (χ0n) is 9.75. The van der Waals surface area contributed by atoms with Crippen LogP contribution in [0.25, 0.3) is 0 Å². The number of thioether (sulfide) groups is 1. The van der Waals surface area contributed by atoms with Gasteiger partial charge >= 0.3 is 5.97 Å². The van der Waals surface area contributed by atoms with Crippen LogP contribution in [0.15, 0.2) is 0 Å². The fourth-order valence-corrected chi connectivity index (χ4v) is 1.74. The Bertz CT molecular complexity index is 204. The molecule has 0 saturated carbocycles. The van der Waals surface area contributed by atoms with E-state index < -0.39 is 6.10 Å². The van der Waals surface area contributed by atoms with Gasteiger partial charge in [-0.25, -0.2) is 0 Å². The molecule has 0 aliphatic carbocycles.